The Hall–Kier alpha value is -0.840. The normalized spacial score (nSPS) is 24.0. The van der Waals surface area contributed by atoms with Crippen molar-refractivity contribution < 1.29 is 13.2 Å². The van der Waals surface area contributed by atoms with Gasteiger partial charge in [-0.05, 0) is 0 Å². The maximum absolute atomic E-state index is 10.5. The van der Waals surface area contributed by atoms with Crippen LogP contribution in [0.4, 0.5) is 0 Å². The largest absolute Gasteiger partial charge is 0.269 e. The van der Waals surface area contributed by atoms with Gasteiger partial charge < -0.3 is 0 Å². The maximum Gasteiger partial charge on any atom is 0.261 e. The summed E-state index contributed by atoms with van der Waals surface area (Å²) in [6.07, 6.45) is 0. The second kappa shape index (κ2) is 1.57. The number of hydrogen-bond donors (Lipinski definition) is 1. The summed E-state index contributed by atoms with van der Waals surface area (Å²) in [6.45, 7) is 3.24. The van der Waals surface area contributed by atoms with Crippen molar-refractivity contribution in [3.05, 3.63) is 12.2 Å². The minimum absolute atomic E-state index is 0.106. The molecule has 1 aliphatic heterocycles. The van der Waals surface area contributed by atoms with Gasteiger partial charge in [-0.3, -0.25) is 4.79 Å². The number of nitrogens with one attached hydrogen (secondary N) is 1. The Bertz CT molecular complexity index is 242. The molecule has 0 bridgehead atoms. The predicted molar refractivity (Wildman–Crippen MR) is 31.1 cm³/mol. The van der Waals surface area contributed by atoms with Crippen LogP contribution in [0.15, 0.2) is 12.2 Å². The van der Waals surface area contributed by atoms with Gasteiger partial charge >= 0.3 is 0 Å². The second-order valence-corrected chi connectivity index (χ2v) is 3.52. The minimum atomic E-state index is -3.34. The van der Waals surface area contributed by atoms with Crippen LogP contribution < -0.4 is 4.72 Å². The second-order valence-electron chi connectivity index (χ2n) is 1.79. The fourth-order valence-corrected chi connectivity index (χ4v) is 1.63. The van der Waals surface area contributed by atoms with E-state index in [1.807, 2.05) is 0 Å². The molecule has 0 aromatic rings. The Balaban J connectivity index is 3.03. The molecule has 1 saturated heterocycles. The third-order valence-corrected chi connectivity index (χ3v) is 2.16. The van der Waals surface area contributed by atoms with Crippen LogP contribution in [0.5, 0.6) is 0 Å². The smallest absolute Gasteiger partial charge is 0.261 e. The van der Waals surface area contributed by atoms with Gasteiger partial charge in [-0.25, -0.2) is 13.1 Å². The fourth-order valence-electron chi connectivity index (χ4n) is 0.544. The number of hydrogen-bond acceptors (Lipinski definition) is 3. The highest BCUT2D eigenvalue weighted by molar-refractivity contribution is 7.90. The molecule has 50 valence electrons. The van der Waals surface area contributed by atoms with Crippen molar-refractivity contribution in [2.45, 2.75) is 0 Å². The molecule has 1 N–H and O–H groups in total. The van der Waals surface area contributed by atoms with Crippen LogP contribution >= 0.6 is 0 Å². The van der Waals surface area contributed by atoms with Crippen molar-refractivity contribution in [2.75, 3.05) is 5.75 Å². The third-order valence-electron chi connectivity index (χ3n) is 0.934. The highest BCUT2D eigenvalue weighted by Gasteiger charge is 2.27. The number of carbonyl (C=O) groups excluding carboxylic acids is 1. The number of rotatable bonds is 0. The Morgan fingerprint density at radius 1 is 1.56 bits per heavy atom. The summed E-state index contributed by atoms with van der Waals surface area (Å²) in [6, 6.07) is 0. The van der Waals surface area contributed by atoms with E-state index in [2.05, 4.69) is 6.58 Å². The van der Waals surface area contributed by atoms with Crippen molar-refractivity contribution >= 4 is 15.9 Å². The van der Waals surface area contributed by atoms with E-state index in [1.165, 1.54) is 0 Å². The molecule has 0 aromatic carbocycles. The van der Waals surface area contributed by atoms with Gasteiger partial charge in [0.25, 0.3) is 5.91 Å². The van der Waals surface area contributed by atoms with E-state index in [0.29, 0.717) is 0 Å². The average molecular weight is 147 g/mol. The standard InChI is InChI=1S/C4H5NO3S/c1-3-2-9(7,8)5-4(3)6/h1-2H2,(H,5,6). The van der Waals surface area contributed by atoms with Crippen molar-refractivity contribution in [1.29, 1.82) is 0 Å². The Morgan fingerprint density at radius 2 is 2.11 bits per heavy atom. The van der Waals surface area contributed by atoms with E-state index in [9.17, 15) is 13.2 Å². The molecule has 0 atom stereocenters. The number of amides is 1. The predicted octanol–water partition coefficient (Wildman–Crippen LogP) is -0.998. The molecule has 4 nitrogen and oxygen atoms in total. The lowest BCUT2D eigenvalue weighted by Gasteiger charge is -1.85. The van der Waals surface area contributed by atoms with Gasteiger partial charge in [0.1, 0.15) is 0 Å². The molecular weight excluding hydrogens is 142 g/mol. The summed E-state index contributed by atoms with van der Waals surface area (Å²) >= 11 is 0. The van der Waals surface area contributed by atoms with Gasteiger partial charge in [0.05, 0.1) is 5.75 Å². The zero-order valence-electron chi connectivity index (χ0n) is 4.55. The molecule has 1 aliphatic rings. The maximum atomic E-state index is 10.5. The van der Waals surface area contributed by atoms with Crippen molar-refractivity contribution in [3.8, 4) is 0 Å². The molecule has 0 aliphatic carbocycles. The van der Waals surface area contributed by atoms with Crippen LogP contribution in [0.2, 0.25) is 0 Å². The monoisotopic (exact) mass is 147 g/mol. The lowest BCUT2D eigenvalue weighted by Crippen LogP contribution is -2.20. The van der Waals surface area contributed by atoms with Crippen LogP contribution in [0.1, 0.15) is 0 Å². The van der Waals surface area contributed by atoms with E-state index < -0.39 is 15.9 Å². The molecular formula is C4H5NO3S. The van der Waals surface area contributed by atoms with Crippen LogP contribution in [-0.4, -0.2) is 20.1 Å². The molecule has 0 unspecified atom stereocenters. The summed E-state index contributed by atoms with van der Waals surface area (Å²) in [7, 11) is -3.34. The van der Waals surface area contributed by atoms with Crippen LogP contribution in [0.3, 0.4) is 0 Å². The van der Waals surface area contributed by atoms with E-state index >= 15 is 0 Å². The van der Waals surface area contributed by atoms with Gasteiger partial charge in [-0.2, -0.15) is 0 Å². The molecule has 0 saturated carbocycles. The Morgan fingerprint density at radius 3 is 2.22 bits per heavy atom. The Labute approximate surface area is 52.6 Å². The minimum Gasteiger partial charge on any atom is -0.269 e. The number of sulfonamides is 1. The van der Waals surface area contributed by atoms with Gasteiger partial charge in [-0.1, -0.05) is 6.58 Å². The zero-order valence-corrected chi connectivity index (χ0v) is 5.36. The molecule has 1 rings (SSSR count). The molecule has 0 aromatic heterocycles. The lowest BCUT2D eigenvalue weighted by molar-refractivity contribution is -0.115. The fraction of sp³-hybridized carbons (Fsp3) is 0.250. The topological polar surface area (TPSA) is 63.2 Å². The van der Waals surface area contributed by atoms with Gasteiger partial charge in [-0.15, -0.1) is 0 Å². The Kier molecular flexibility index (Phi) is 1.10. The highest BCUT2D eigenvalue weighted by Crippen LogP contribution is 2.04. The first kappa shape index (κ1) is 6.28. The quantitative estimate of drug-likeness (QED) is 0.447. The van der Waals surface area contributed by atoms with Crippen LogP contribution in [0, 0.1) is 0 Å². The van der Waals surface area contributed by atoms with Gasteiger partial charge in [0, 0.05) is 5.57 Å². The van der Waals surface area contributed by atoms with Crippen LogP contribution in [-0.2, 0) is 14.8 Å². The molecule has 9 heavy (non-hydrogen) atoms. The summed E-state index contributed by atoms with van der Waals surface area (Å²) in [5.74, 6) is -0.846. The number of carbonyl (C=O) groups is 1. The van der Waals surface area contributed by atoms with Crippen LogP contribution in [0.25, 0.3) is 0 Å². The third kappa shape index (κ3) is 1.10. The van der Waals surface area contributed by atoms with E-state index in [0.717, 1.165) is 0 Å². The molecule has 5 heteroatoms. The first-order valence-corrected chi connectivity index (χ1v) is 3.89. The lowest BCUT2D eigenvalue weighted by atomic mass is 10.3. The van der Waals surface area contributed by atoms with Crippen molar-refractivity contribution in [3.63, 3.8) is 0 Å². The van der Waals surface area contributed by atoms with Gasteiger partial charge in [0.15, 0.2) is 0 Å². The average Bonchev–Trinajstić information content (AvgIpc) is 1.79. The van der Waals surface area contributed by atoms with E-state index in [-0.39, 0.29) is 11.3 Å². The van der Waals surface area contributed by atoms with E-state index in [1.54, 1.807) is 4.72 Å². The first-order valence-electron chi connectivity index (χ1n) is 2.24. The van der Waals surface area contributed by atoms with Crippen molar-refractivity contribution in [1.82, 2.24) is 4.72 Å². The summed E-state index contributed by atoms with van der Waals surface area (Å²) < 4.78 is 22.7. The molecule has 1 heterocycles. The zero-order chi connectivity index (χ0) is 7.07. The molecule has 0 radical (unpaired) electrons. The SMILES string of the molecule is C=C1CS(=O)(=O)NC1=O. The summed E-state index contributed by atoms with van der Waals surface area (Å²) in [4.78, 5) is 10.4. The summed E-state index contributed by atoms with van der Waals surface area (Å²) in [5, 5.41) is 0. The van der Waals surface area contributed by atoms with E-state index in [4.69, 9.17) is 0 Å². The molecule has 1 fully saturated rings. The molecule has 1 amide bonds. The van der Waals surface area contributed by atoms with Crippen molar-refractivity contribution in [2.24, 2.45) is 0 Å². The molecule has 0 spiro atoms. The summed E-state index contributed by atoms with van der Waals surface area (Å²) in [5.41, 5.74) is 0.106. The first-order chi connectivity index (χ1) is 4.01. The highest BCUT2D eigenvalue weighted by atomic mass is 32.2. The van der Waals surface area contributed by atoms with Gasteiger partial charge in [0.2, 0.25) is 10.0 Å².